The molecule has 1 heterocycles. The number of ether oxygens (including phenoxy) is 1. The molecule has 23 heavy (non-hydrogen) atoms. The third kappa shape index (κ3) is 5.45. The average Bonchev–Trinajstić information content (AvgIpc) is 2.50. The molecule has 124 valence electrons. The summed E-state index contributed by atoms with van der Waals surface area (Å²) in [5.74, 6) is 0.907. The molecule has 7 heteroatoms. The van der Waals surface area contributed by atoms with Gasteiger partial charge in [0.05, 0.1) is 5.56 Å². The molecule has 1 aromatic heterocycles. The highest BCUT2D eigenvalue weighted by Crippen LogP contribution is 2.30. The van der Waals surface area contributed by atoms with Gasteiger partial charge >= 0.3 is 6.18 Å². The van der Waals surface area contributed by atoms with Crippen molar-refractivity contribution >= 4 is 5.82 Å². The van der Waals surface area contributed by atoms with Crippen LogP contribution in [-0.4, -0.2) is 29.3 Å². The maximum Gasteiger partial charge on any atom is 0.416 e. The van der Waals surface area contributed by atoms with Gasteiger partial charge in [0.2, 0.25) is 0 Å². The standard InChI is InChI=1S/C16H17F3N2O2/c1-11-3-2-4-15(21-11)20-9-13(22)10-23-14-7-5-12(6-8-14)16(17,18)19/h2-8,13,22H,9-10H2,1H3,(H,20,21). The van der Waals surface area contributed by atoms with E-state index in [0.717, 1.165) is 17.8 Å². The van der Waals surface area contributed by atoms with Crippen LogP contribution in [0.1, 0.15) is 11.3 Å². The predicted molar refractivity (Wildman–Crippen MR) is 80.4 cm³/mol. The summed E-state index contributed by atoms with van der Waals surface area (Å²) in [6, 6.07) is 9.81. The second-order valence-corrected chi connectivity index (χ2v) is 5.03. The van der Waals surface area contributed by atoms with Gasteiger partial charge in [0.25, 0.3) is 0 Å². The number of benzene rings is 1. The highest BCUT2D eigenvalue weighted by Gasteiger charge is 2.30. The highest BCUT2D eigenvalue weighted by molar-refractivity contribution is 5.35. The lowest BCUT2D eigenvalue weighted by Gasteiger charge is -2.14. The van der Waals surface area contributed by atoms with Gasteiger partial charge in [0, 0.05) is 12.2 Å². The maximum atomic E-state index is 12.4. The zero-order valence-corrected chi connectivity index (χ0v) is 12.5. The van der Waals surface area contributed by atoms with Crippen LogP contribution in [0.3, 0.4) is 0 Å². The number of nitrogens with one attached hydrogen (secondary N) is 1. The summed E-state index contributed by atoms with van der Waals surface area (Å²) in [7, 11) is 0. The summed E-state index contributed by atoms with van der Waals surface area (Å²) in [5, 5.41) is 12.8. The highest BCUT2D eigenvalue weighted by atomic mass is 19.4. The average molecular weight is 326 g/mol. The van der Waals surface area contributed by atoms with Gasteiger partial charge in [0.1, 0.15) is 24.3 Å². The molecule has 0 aliphatic rings. The smallest absolute Gasteiger partial charge is 0.416 e. The second-order valence-electron chi connectivity index (χ2n) is 5.03. The Morgan fingerprint density at radius 1 is 1.17 bits per heavy atom. The number of aliphatic hydroxyl groups excluding tert-OH is 1. The Morgan fingerprint density at radius 2 is 1.87 bits per heavy atom. The number of hydrogen-bond donors (Lipinski definition) is 2. The van der Waals surface area contributed by atoms with Gasteiger partial charge < -0.3 is 15.2 Å². The first-order valence-corrected chi connectivity index (χ1v) is 7.00. The Morgan fingerprint density at radius 3 is 2.48 bits per heavy atom. The molecule has 0 aliphatic heterocycles. The monoisotopic (exact) mass is 326 g/mol. The van der Waals surface area contributed by atoms with Gasteiger partial charge in [-0.1, -0.05) is 6.07 Å². The molecule has 0 saturated carbocycles. The van der Waals surface area contributed by atoms with Crippen molar-refractivity contribution in [3.8, 4) is 5.75 Å². The van der Waals surface area contributed by atoms with Gasteiger partial charge in [-0.2, -0.15) is 13.2 Å². The number of hydrogen-bond acceptors (Lipinski definition) is 4. The van der Waals surface area contributed by atoms with Gasteiger partial charge in [-0.25, -0.2) is 4.98 Å². The van der Waals surface area contributed by atoms with Gasteiger partial charge in [-0.3, -0.25) is 0 Å². The number of aromatic nitrogens is 1. The summed E-state index contributed by atoms with van der Waals surface area (Å²) >= 11 is 0. The number of anilines is 1. The van der Waals surface area contributed by atoms with Gasteiger partial charge in [-0.15, -0.1) is 0 Å². The van der Waals surface area contributed by atoms with E-state index in [1.807, 2.05) is 19.1 Å². The third-order valence-corrected chi connectivity index (χ3v) is 3.03. The number of rotatable bonds is 6. The number of nitrogens with zero attached hydrogens (tertiary/aromatic N) is 1. The lowest BCUT2D eigenvalue weighted by molar-refractivity contribution is -0.137. The Kier molecular flexibility index (Phi) is 5.44. The molecule has 0 radical (unpaired) electrons. The zero-order valence-electron chi connectivity index (χ0n) is 12.5. The molecule has 0 aliphatic carbocycles. The van der Waals surface area contributed by atoms with Gasteiger partial charge in [0.15, 0.2) is 0 Å². The van der Waals surface area contributed by atoms with Crippen LogP contribution in [0.2, 0.25) is 0 Å². The van der Waals surface area contributed by atoms with E-state index in [1.54, 1.807) is 6.07 Å². The first-order chi connectivity index (χ1) is 10.8. The molecule has 2 aromatic rings. The fraction of sp³-hybridized carbons (Fsp3) is 0.312. The van der Waals surface area contributed by atoms with Gasteiger partial charge in [-0.05, 0) is 43.3 Å². The van der Waals surface area contributed by atoms with Crippen molar-refractivity contribution in [2.45, 2.75) is 19.2 Å². The van der Waals surface area contributed by atoms with Crippen molar-refractivity contribution in [1.82, 2.24) is 4.98 Å². The van der Waals surface area contributed by atoms with Crippen LogP contribution in [-0.2, 0) is 6.18 Å². The molecule has 0 spiro atoms. The summed E-state index contributed by atoms with van der Waals surface area (Å²) in [6.45, 7) is 2.04. The van der Waals surface area contributed by atoms with Crippen molar-refractivity contribution in [3.63, 3.8) is 0 Å². The maximum absolute atomic E-state index is 12.4. The minimum atomic E-state index is -4.37. The summed E-state index contributed by atoms with van der Waals surface area (Å²) < 4.78 is 42.6. The zero-order chi connectivity index (χ0) is 16.9. The first-order valence-electron chi connectivity index (χ1n) is 7.00. The van der Waals surface area contributed by atoms with E-state index in [9.17, 15) is 18.3 Å². The van der Waals surface area contributed by atoms with E-state index >= 15 is 0 Å². The molecule has 1 aromatic carbocycles. The van der Waals surface area contributed by atoms with E-state index in [4.69, 9.17) is 4.74 Å². The molecule has 0 saturated heterocycles. The topological polar surface area (TPSA) is 54.4 Å². The third-order valence-electron chi connectivity index (χ3n) is 3.03. The number of alkyl halides is 3. The Bertz CT molecular complexity index is 630. The molecule has 0 bridgehead atoms. The van der Waals surface area contributed by atoms with Crippen molar-refractivity contribution in [2.75, 3.05) is 18.5 Å². The summed E-state index contributed by atoms with van der Waals surface area (Å²) in [4.78, 5) is 4.23. The van der Waals surface area contributed by atoms with Crippen molar-refractivity contribution in [1.29, 1.82) is 0 Å². The quantitative estimate of drug-likeness (QED) is 0.855. The number of aliphatic hydroxyl groups is 1. The van der Waals surface area contributed by atoms with Crippen molar-refractivity contribution in [2.24, 2.45) is 0 Å². The lowest BCUT2D eigenvalue weighted by atomic mass is 10.2. The van der Waals surface area contributed by atoms with E-state index in [0.29, 0.717) is 5.82 Å². The SMILES string of the molecule is Cc1cccc(NCC(O)COc2ccc(C(F)(F)F)cc2)n1. The van der Waals surface area contributed by atoms with Crippen LogP contribution in [0.4, 0.5) is 19.0 Å². The summed E-state index contributed by atoms with van der Waals surface area (Å²) in [5.41, 5.74) is 0.114. The largest absolute Gasteiger partial charge is 0.491 e. The van der Waals surface area contributed by atoms with E-state index in [1.165, 1.54) is 12.1 Å². The Balaban J connectivity index is 1.79. The van der Waals surface area contributed by atoms with Crippen LogP contribution in [0, 0.1) is 6.92 Å². The fourth-order valence-electron chi connectivity index (χ4n) is 1.86. The molecule has 1 unspecified atom stereocenters. The number of pyridine rings is 1. The van der Waals surface area contributed by atoms with Crippen LogP contribution in [0.15, 0.2) is 42.5 Å². The molecule has 2 N–H and O–H groups in total. The molecule has 0 amide bonds. The summed E-state index contributed by atoms with van der Waals surface area (Å²) in [6.07, 6.45) is -5.19. The number of aryl methyl sites for hydroxylation is 1. The normalized spacial score (nSPS) is 12.7. The molecule has 1 atom stereocenters. The first kappa shape index (κ1) is 17.1. The van der Waals surface area contributed by atoms with Crippen LogP contribution >= 0.6 is 0 Å². The molecule has 2 rings (SSSR count). The van der Waals surface area contributed by atoms with Crippen molar-refractivity contribution in [3.05, 3.63) is 53.7 Å². The second kappa shape index (κ2) is 7.32. The molecule has 4 nitrogen and oxygen atoms in total. The van der Waals surface area contributed by atoms with Crippen LogP contribution in [0.5, 0.6) is 5.75 Å². The lowest BCUT2D eigenvalue weighted by Crippen LogP contribution is -2.26. The molecular formula is C16H17F3N2O2. The Hall–Kier alpha value is -2.28. The Labute approximate surface area is 131 Å². The van der Waals surface area contributed by atoms with Crippen LogP contribution in [0.25, 0.3) is 0 Å². The van der Waals surface area contributed by atoms with E-state index in [2.05, 4.69) is 10.3 Å². The van der Waals surface area contributed by atoms with E-state index in [-0.39, 0.29) is 18.9 Å². The van der Waals surface area contributed by atoms with Crippen LogP contribution < -0.4 is 10.1 Å². The van der Waals surface area contributed by atoms with E-state index < -0.39 is 17.8 Å². The predicted octanol–water partition coefficient (Wildman–Crippen LogP) is 3.26. The number of halogens is 3. The minimum absolute atomic E-state index is 0.0375. The molecular weight excluding hydrogens is 309 g/mol. The molecule has 0 fully saturated rings. The minimum Gasteiger partial charge on any atom is -0.491 e. The van der Waals surface area contributed by atoms with Crippen molar-refractivity contribution < 1.29 is 23.0 Å². The fourth-order valence-corrected chi connectivity index (χ4v) is 1.86.